The van der Waals surface area contributed by atoms with Gasteiger partial charge in [0.15, 0.2) is 0 Å². The summed E-state index contributed by atoms with van der Waals surface area (Å²) in [6, 6.07) is 0.177. The smallest absolute Gasteiger partial charge is 0.241 e. The Morgan fingerprint density at radius 3 is 3.24 bits per heavy atom. The van der Waals surface area contributed by atoms with Crippen LogP contribution in [-0.4, -0.2) is 31.1 Å². The van der Waals surface area contributed by atoms with Crippen LogP contribution in [0.15, 0.2) is 12.4 Å². The van der Waals surface area contributed by atoms with Crippen molar-refractivity contribution in [2.75, 3.05) is 17.6 Å². The molecule has 7 heteroatoms. The first-order valence-corrected chi connectivity index (χ1v) is 5.76. The molecule has 1 atom stereocenters. The fourth-order valence-electron chi connectivity index (χ4n) is 2.15. The Balaban J connectivity index is 1.99. The van der Waals surface area contributed by atoms with Crippen LogP contribution in [0.2, 0.25) is 0 Å². The lowest BCUT2D eigenvalue weighted by Gasteiger charge is -2.23. The second-order valence-corrected chi connectivity index (χ2v) is 4.10. The predicted molar refractivity (Wildman–Crippen MR) is 63.6 cm³/mol. The van der Waals surface area contributed by atoms with Crippen LogP contribution in [0, 0.1) is 0 Å². The number of hydrogen-bond acceptors (Lipinski definition) is 5. The third kappa shape index (κ3) is 1.63. The normalized spacial score (nSPS) is 18.8. The second-order valence-electron chi connectivity index (χ2n) is 4.10. The molecule has 3 rings (SSSR count). The van der Waals surface area contributed by atoms with E-state index in [2.05, 4.69) is 33.6 Å². The maximum Gasteiger partial charge on any atom is 0.241 e. The second kappa shape index (κ2) is 3.76. The minimum atomic E-state index is 0.177. The largest absolute Gasteiger partial charge is 0.366 e. The first-order chi connectivity index (χ1) is 8.28. The molecule has 0 fully saturated rings. The van der Waals surface area contributed by atoms with E-state index in [1.807, 2.05) is 15.6 Å². The van der Waals surface area contributed by atoms with E-state index in [9.17, 15) is 0 Å². The van der Waals surface area contributed by atoms with Gasteiger partial charge in [-0.2, -0.15) is 10.1 Å². The van der Waals surface area contributed by atoms with Gasteiger partial charge in [0.25, 0.3) is 0 Å². The molecule has 0 spiro atoms. The van der Waals surface area contributed by atoms with Gasteiger partial charge in [-0.15, -0.1) is 5.10 Å². The summed E-state index contributed by atoms with van der Waals surface area (Å²) in [6.45, 7) is 3.81. The van der Waals surface area contributed by atoms with Crippen LogP contribution in [0.5, 0.6) is 0 Å². The van der Waals surface area contributed by atoms with Crippen LogP contribution in [0.1, 0.15) is 24.9 Å². The number of nitrogens with zero attached hydrogens (tertiary/aromatic N) is 5. The van der Waals surface area contributed by atoms with E-state index in [0.717, 1.165) is 31.0 Å². The lowest BCUT2D eigenvalue weighted by Crippen LogP contribution is -2.24. The zero-order chi connectivity index (χ0) is 11.8. The van der Waals surface area contributed by atoms with Crippen LogP contribution in [-0.2, 0) is 6.54 Å². The minimum Gasteiger partial charge on any atom is -0.366 e. The first kappa shape index (κ1) is 10.1. The molecule has 3 heterocycles. The van der Waals surface area contributed by atoms with Crippen molar-refractivity contribution in [2.24, 2.45) is 0 Å². The maximum atomic E-state index is 5.63. The molecule has 1 aliphatic heterocycles. The van der Waals surface area contributed by atoms with Crippen molar-refractivity contribution in [3.05, 3.63) is 18.0 Å². The number of aromatic nitrogens is 5. The lowest BCUT2D eigenvalue weighted by molar-refractivity contribution is 0.480. The number of hydrogen-bond donors (Lipinski definition) is 2. The summed E-state index contributed by atoms with van der Waals surface area (Å²) in [5, 5.41) is 11.7. The van der Waals surface area contributed by atoms with Crippen molar-refractivity contribution in [3.63, 3.8) is 0 Å². The molecule has 0 aromatic carbocycles. The number of anilines is 2. The van der Waals surface area contributed by atoms with Gasteiger partial charge >= 0.3 is 0 Å². The molecule has 0 saturated carbocycles. The molecular formula is C10H15N7. The molecule has 1 aliphatic rings. The molecule has 7 nitrogen and oxygen atoms in total. The van der Waals surface area contributed by atoms with E-state index in [4.69, 9.17) is 5.73 Å². The molecule has 0 radical (unpaired) electrons. The summed E-state index contributed by atoms with van der Waals surface area (Å²) in [7, 11) is 0. The average molecular weight is 233 g/mol. The van der Waals surface area contributed by atoms with Gasteiger partial charge in [-0.3, -0.25) is 4.68 Å². The Bertz CT molecular complexity index is 526. The molecule has 1 unspecified atom stereocenters. The summed E-state index contributed by atoms with van der Waals surface area (Å²) in [4.78, 5) is 4.15. The highest BCUT2D eigenvalue weighted by Gasteiger charge is 2.24. The van der Waals surface area contributed by atoms with Crippen molar-refractivity contribution in [2.45, 2.75) is 25.9 Å². The van der Waals surface area contributed by atoms with Gasteiger partial charge in [0.1, 0.15) is 0 Å². The van der Waals surface area contributed by atoms with E-state index in [0.29, 0.717) is 5.95 Å². The van der Waals surface area contributed by atoms with Gasteiger partial charge in [0, 0.05) is 24.8 Å². The van der Waals surface area contributed by atoms with Crippen LogP contribution >= 0.6 is 0 Å². The summed E-state index contributed by atoms with van der Waals surface area (Å²) in [5.74, 6) is 1.05. The van der Waals surface area contributed by atoms with Crippen LogP contribution < -0.4 is 11.1 Å². The number of aryl methyl sites for hydroxylation is 1. The topological polar surface area (TPSA) is 86.6 Å². The van der Waals surface area contributed by atoms with E-state index >= 15 is 0 Å². The number of nitrogens with two attached hydrogens (primary N) is 1. The Morgan fingerprint density at radius 2 is 2.47 bits per heavy atom. The molecule has 0 amide bonds. The molecule has 0 bridgehead atoms. The highest BCUT2D eigenvalue weighted by molar-refractivity contribution is 5.36. The minimum absolute atomic E-state index is 0.177. The molecule has 17 heavy (non-hydrogen) atoms. The van der Waals surface area contributed by atoms with Crippen molar-refractivity contribution in [1.82, 2.24) is 24.5 Å². The SMILES string of the molecule is CCn1cc(C2CCNc3nc(N)nn32)cn1. The maximum absolute atomic E-state index is 5.63. The van der Waals surface area contributed by atoms with Crippen molar-refractivity contribution < 1.29 is 0 Å². The number of nitrogens with one attached hydrogen (secondary N) is 1. The van der Waals surface area contributed by atoms with Crippen molar-refractivity contribution in [1.29, 1.82) is 0 Å². The molecule has 2 aromatic rings. The van der Waals surface area contributed by atoms with Crippen molar-refractivity contribution in [3.8, 4) is 0 Å². The molecule has 3 N–H and O–H groups in total. The van der Waals surface area contributed by atoms with Gasteiger partial charge in [-0.1, -0.05) is 0 Å². The Labute approximate surface area is 98.6 Å². The van der Waals surface area contributed by atoms with E-state index < -0.39 is 0 Å². The van der Waals surface area contributed by atoms with E-state index in [1.54, 1.807) is 0 Å². The van der Waals surface area contributed by atoms with E-state index in [-0.39, 0.29) is 6.04 Å². The Morgan fingerprint density at radius 1 is 1.59 bits per heavy atom. The highest BCUT2D eigenvalue weighted by Crippen LogP contribution is 2.28. The van der Waals surface area contributed by atoms with Crippen LogP contribution in [0.25, 0.3) is 0 Å². The zero-order valence-corrected chi connectivity index (χ0v) is 9.67. The summed E-state index contributed by atoms with van der Waals surface area (Å²) in [5.41, 5.74) is 6.78. The van der Waals surface area contributed by atoms with E-state index in [1.165, 1.54) is 0 Å². The van der Waals surface area contributed by atoms with Gasteiger partial charge in [0.05, 0.1) is 12.2 Å². The Kier molecular flexibility index (Phi) is 2.24. The molecule has 0 aliphatic carbocycles. The Hall–Kier alpha value is -2.05. The standard InChI is InChI=1S/C10H15N7/c1-2-16-6-7(5-13-16)8-3-4-12-10-14-9(11)15-17(8)10/h5-6,8H,2-4H2,1H3,(H3,11,12,14,15). The summed E-state index contributed by atoms with van der Waals surface area (Å²) in [6.07, 6.45) is 4.91. The molecule has 2 aromatic heterocycles. The summed E-state index contributed by atoms with van der Waals surface area (Å²) < 4.78 is 3.76. The van der Waals surface area contributed by atoms with Crippen LogP contribution in [0.3, 0.4) is 0 Å². The molecule has 90 valence electrons. The first-order valence-electron chi connectivity index (χ1n) is 5.76. The zero-order valence-electron chi connectivity index (χ0n) is 9.67. The number of fused-ring (bicyclic) bond motifs is 1. The molecule has 0 saturated heterocycles. The third-order valence-electron chi connectivity index (χ3n) is 3.01. The fraction of sp³-hybridized carbons (Fsp3) is 0.500. The number of nitrogen functional groups attached to an aromatic ring is 1. The van der Waals surface area contributed by atoms with Crippen molar-refractivity contribution >= 4 is 11.9 Å². The average Bonchev–Trinajstić information content (AvgIpc) is 2.92. The lowest BCUT2D eigenvalue weighted by atomic mass is 10.1. The van der Waals surface area contributed by atoms with Gasteiger partial charge in [-0.25, -0.2) is 4.68 Å². The monoisotopic (exact) mass is 233 g/mol. The fourth-order valence-corrected chi connectivity index (χ4v) is 2.15. The van der Waals surface area contributed by atoms with Gasteiger partial charge in [-0.05, 0) is 13.3 Å². The van der Waals surface area contributed by atoms with Gasteiger partial charge < -0.3 is 11.1 Å². The quantitative estimate of drug-likeness (QED) is 0.788. The summed E-state index contributed by atoms with van der Waals surface area (Å²) >= 11 is 0. The van der Waals surface area contributed by atoms with Crippen LogP contribution in [0.4, 0.5) is 11.9 Å². The highest BCUT2D eigenvalue weighted by atomic mass is 15.4. The third-order valence-corrected chi connectivity index (χ3v) is 3.01. The number of rotatable bonds is 2. The predicted octanol–water partition coefficient (Wildman–Crippen LogP) is 0.482. The molecular weight excluding hydrogens is 218 g/mol. The van der Waals surface area contributed by atoms with Gasteiger partial charge in [0.2, 0.25) is 11.9 Å².